The maximum Gasteiger partial charge on any atom is 0.326 e. The van der Waals surface area contributed by atoms with E-state index in [0.29, 0.717) is 5.92 Å². The summed E-state index contributed by atoms with van der Waals surface area (Å²) in [5.41, 5.74) is 0. The van der Waals surface area contributed by atoms with E-state index < -0.39 is 12.0 Å². The molecule has 2 rings (SSSR count). The predicted octanol–water partition coefficient (Wildman–Crippen LogP) is 2.22. The van der Waals surface area contributed by atoms with Crippen molar-refractivity contribution in [3.63, 3.8) is 0 Å². The summed E-state index contributed by atoms with van der Waals surface area (Å²) in [5, 5.41) is 14.6. The Morgan fingerprint density at radius 1 is 1.10 bits per heavy atom. The maximum absolute atomic E-state index is 12.0. The molecule has 5 atom stereocenters. The largest absolute Gasteiger partial charge is 0.480 e. The molecule has 2 amide bonds. The fraction of sp³-hybridized carbons (Fsp3) is 0.867. The molecule has 5 heteroatoms. The standard InChI is InChI=1S/C15H26N2O3/c1-8(2)13(14(18)19)17-15(20)16-9(3)12-7-10-4-5-11(12)6-10/h8-13H,4-7H2,1-3H3,(H,18,19)(H2,16,17,20). The molecule has 0 spiro atoms. The molecule has 2 aliphatic rings. The van der Waals surface area contributed by atoms with Crippen molar-refractivity contribution in [2.45, 2.75) is 58.5 Å². The summed E-state index contributed by atoms with van der Waals surface area (Å²) in [6.07, 6.45) is 5.14. The molecule has 0 heterocycles. The molecule has 0 radical (unpaired) electrons. The van der Waals surface area contributed by atoms with Gasteiger partial charge in [-0.1, -0.05) is 20.3 Å². The number of carbonyl (C=O) groups excluding carboxylic acids is 1. The molecule has 3 N–H and O–H groups in total. The smallest absolute Gasteiger partial charge is 0.326 e. The normalized spacial score (nSPS) is 31.1. The van der Waals surface area contributed by atoms with Gasteiger partial charge in [0, 0.05) is 6.04 Å². The van der Waals surface area contributed by atoms with Crippen molar-refractivity contribution < 1.29 is 14.7 Å². The number of nitrogens with one attached hydrogen (secondary N) is 2. The highest BCUT2D eigenvalue weighted by Gasteiger charge is 2.42. The molecule has 2 fully saturated rings. The van der Waals surface area contributed by atoms with Crippen molar-refractivity contribution >= 4 is 12.0 Å². The van der Waals surface area contributed by atoms with E-state index >= 15 is 0 Å². The molecule has 2 bridgehead atoms. The van der Waals surface area contributed by atoms with Crippen LogP contribution in [0, 0.1) is 23.7 Å². The zero-order chi connectivity index (χ0) is 14.9. The van der Waals surface area contributed by atoms with E-state index in [1.54, 1.807) is 13.8 Å². The third-order valence-corrected chi connectivity index (χ3v) is 5.01. The Kier molecular flexibility index (Phi) is 4.55. The number of aliphatic carboxylic acids is 1. The average Bonchev–Trinajstić information content (AvgIpc) is 2.97. The highest BCUT2D eigenvalue weighted by molar-refractivity contribution is 5.82. The fourth-order valence-electron chi connectivity index (χ4n) is 3.92. The van der Waals surface area contributed by atoms with Crippen LogP contribution >= 0.6 is 0 Å². The average molecular weight is 282 g/mol. The SMILES string of the molecule is CC(C)C(NC(=O)NC(C)C1CC2CCC1C2)C(=O)O. The first-order valence-electron chi connectivity index (χ1n) is 7.68. The third-order valence-electron chi connectivity index (χ3n) is 5.01. The summed E-state index contributed by atoms with van der Waals surface area (Å²) in [6.45, 7) is 5.62. The first-order chi connectivity index (χ1) is 9.38. The van der Waals surface area contributed by atoms with Gasteiger partial charge in [-0.2, -0.15) is 0 Å². The van der Waals surface area contributed by atoms with Gasteiger partial charge in [0.05, 0.1) is 0 Å². The van der Waals surface area contributed by atoms with Gasteiger partial charge in [0.2, 0.25) is 0 Å². The second kappa shape index (κ2) is 6.02. The molecule has 0 aromatic rings. The van der Waals surface area contributed by atoms with Crippen LogP contribution in [0.5, 0.6) is 0 Å². The molecule has 2 saturated carbocycles. The molecule has 0 aromatic carbocycles. The lowest BCUT2D eigenvalue weighted by molar-refractivity contribution is -0.140. The van der Waals surface area contributed by atoms with Crippen LogP contribution in [-0.4, -0.2) is 29.2 Å². The number of hydrogen-bond donors (Lipinski definition) is 3. The lowest BCUT2D eigenvalue weighted by Crippen LogP contribution is -2.52. The van der Waals surface area contributed by atoms with E-state index in [4.69, 9.17) is 5.11 Å². The van der Waals surface area contributed by atoms with E-state index in [1.165, 1.54) is 25.7 Å². The molecule has 0 aliphatic heterocycles. The van der Waals surface area contributed by atoms with Crippen LogP contribution in [0.25, 0.3) is 0 Å². The number of fused-ring (bicyclic) bond motifs is 2. The van der Waals surface area contributed by atoms with Crippen molar-refractivity contribution in [2.75, 3.05) is 0 Å². The molecular weight excluding hydrogens is 256 g/mol. The minimum absolute atomic E-state index is 0.118. The first-order valence-corrected chi connectivity index (χ1v) is 7.68. The second-order valence-corrected chi connectivity index (χ2v) is 6.81. The van der Waals surface area contributed by atoms with Crippen LogP contribution < -0.4 is 10.6 Å². The lowest BCUT2D eigenvalue weighted by Gasteiger charge is -2.29. The number of hydrogen-bond acceptors (Lipinski definition) is 2. The topological polar surface area (TPSA) is 78.4 Å². The minimum Gasteiger partial charge on any atom is -0.480 e. The maximum atomic E-state index is 12.0. The van der Waals surface area contributed by atoms with Gasteiger partial charge in [-0.3, -0.25) is 0 Å². The Balaban J connectivity index is 1.83. The minimum atomic E-state index is -0.984. The zero-order valence-electron chi connectivity index (χ0n) is 12.6. The number of carboxylic acids is 1. The summed E-state index contributed by atoms with van der Waals surface area (Å²) in [4.78, 5) is 23.0. The van der Waals surface area contributed by atoms with Gasteiger partial charge >= 0.3 is 12.0 Å². The van der Waals surface area contributed by atoms with Crippen molar-refractivity contribution in [3.05, 3.63) is 0 Å². The molecular formula is C15H26N2O3. The van der Waals surface area contributed by atoms with Crippen molar-refractivity contribution in [1.82, 2.24) is 10.6 Å². The van der Waals surface area contributed by atoms with Crippen LogP contribution in [0.15, 0.2) is 0 Å². The Morgan fingerprint density at radius 2 is 1.80 bits per heavy atom. The van der Waals surface area contributed by atoms with Gasteiger partial charge in [-0.15, -0.1) is 0 Å². The predicted molar refractivity (Wildman–Crippen MR) is 76.3 cm³/mol. The third kappa shape index (κ3) is 3.25. The molecule has 2 aliphatic carbocycles. The van der Waals surface area contributed by atoms with Crippen LogP contribution in [-0.2, 0) is 4.79 Å². The number of urea groups is 1. The Bertz CT molecular complexity index is 383. The molecule has 5 unspecified atom stereocenters. The van der Waals surface area contributed by atoms with E-state index in [1.807, 2.05) is 6.92 Å². The Morgan fingerprint density at radius 3 is 2.25 bits per heavy atom. The van der Waals surface area contributed by atoms with Crippen LogP contribution in [0.1, 0.15) is 46.5 Å². The van der Waals surface area contributed by atoms with Crippen molar-refractivity contribution in [3.8, 4) is 0 Å². The highest BCUT2D eigenvalue weighted by atomic mass is 16.4. The lowest BCUT2D eigenvalue weighted by atomic mass is 9.84. The zero-order valence-corrected chi connectivity index (χ0v) is 12.6. The van der Waals surface area contributed by atoms with Gasteiger partial charge in [0.15, 0.2) is 0 Å². The fourth-order valence-corrected chi connectivity index (χ4v) is 3.92. The molecule has 0 saturated heterocycles. The van der Waals surface area contributed by atoms with Gasteiger partial charge in [0.1, 0.15) is 6.04 Å². The van der Waals surface area contributed by atoms with Crippen LogP contribution in [0.3, 0.4) is 0 Å². The summed E-state index contributed by atoms with van der Waals surface area (Å²) in [5.74, 6) is 1.04. The van der Waals surface area contributed by atoms with E-state index in [2.05, 4.69) is 10.6 Å². The summed E-state index contributed by atoms with van der Waals surface area (Å²) >= 11 is 0. The van der Waals surface area contributed by atoms with Crippen molar-refractivity contribution in [1.29, 1.82) is 0 Å². The Labute approximate surface area is 120 Å². The van der Waals surface area contributed by atoms with Gasteiger partial charge in [0.25, 0.3) is 0 Å². The molecule has 114 valence electrons. The van der Waals surface area contributed by atoms with Crippen molar-refractivity contribution in [2.24, 2.45) is 23.7 Å². The summed E-state index contributed by atoms with van der Waals surface area (Å²) < 4.78 is 0. The van der Waals surface area contributed by atoms with Crippen LogP contribution in [0.4, 0.5) is 4.79 Å². The monoisotopic (exact) mass is 282 g/mol. The summed E-state index contributed by atoms with van der Waals surface area (Å²) in [6, 6.07) is -1.07. The van der Waals surface area contributed by atoms with E-state index in [0.717, 1.165) is 11.8 Å². The number of rotatable bonds is 5. The quantitative estimate of drug-likeness (QED) is 0.723. The number of amides is 2. The Hall–Kier alpha value is -1.26. The molecule has 5 nitrogen and oxygen atoms in total. The molecule has 20 heavy (non-hydrogen) atoms. The molecule has 0 aromatic heterocycles. The van der Waals surface area contributed by atoms with E-state index in [9.17, 15) is 9.59 Å². The van der Waals surface area contributed by atoms with Gasteiger partial charge < -0.3 is 15.7 Å². The van der Waals surface area contributed by atoms with E-state index in [-0.39, 0.29) is 18.0 Å². The van der Waals surface area contributed by atoms with Gasteiger partial charge in [-0.25, -0.2) is 9.59 Å². The summed E-state index contributed by atoms with van der Waals surface area (Å²) in [7, 11) is 0. The highest BCUT2D eigenvalue weighted by Crippen LogP contribution is 2.49. The first kappa shape index (κ1) is 15.1. The van der Waals surface area contributed by atoms with Crippen LogP contribution in [0.2, 0.25) is 0 Å². The second-order valence-electron chi connectivity index (χ2n) is 6.81. The number of carbonyl (C=O) groups is 2. The van der Waals surface area contributed by atoms with Gasteiger partial charge in [-0.05, 0) is 49.9 Å². The number of carboxylic acid groups (broad SMARTS) is 1.